The number of likely N-dealkylation sites (N-methyl/N-ethyl adjacent to an activating group) is 1. The molecule has 2 heterocycles. The molecule has 0 saturated carbocycles. The summed E-state index contributed by atoms with van der Waals surface area (Å²) >= 11 is 1.66. The summed E-state index contributed by atoms with van der Waals surface area (Å²) in [6, 6.07) is 1.60. The highest BCUT2D eigenvalue weighted by Crippen LogP contribution is 2.21. The monoisotopic (exact) mass is 306 g/mol. The van der Waals surface area contributed by atoms with Gasteiger partial charge in [0, 0.05) is 30.7 Å². The molecule has 0 aliphatic heterocycles. The number of carbonyl (C=O) groups excluding carboxylic acids is 1. The van der Waals surface area contributed by atoms with Crippen molar-refractivity contribution < 1.29 is 4.79 Å². The Balaban J connectivity index is 2.04. The smallest absolute Gasteiger partial charge is 0.247 e. The SMILES string of the molecule is CCC(C(=O)N(C)Cc1csc(C(C)C)n1)n1cccn1. The molecular weight excluding hydrogens is 284 g/mol. The average Bonchev–Trinajstić information content (AvgIpc) is 3.10. The van der Waals surface area contributed by atoms with Crippen LogP contribution in [0.25, 0.3) is 0 Å². The minimum Gasteiger partial charge on any atom is -0.338 e. The highest BCUT2D eigenvalue weighted by atomic mass is 32.1. The Kier molecular flexibility index (Phi) is 5.12. The fourth-order valence-electron chi connectivity index (χ4n) is 2.18. The second-order valence-corrected chi connectivity index (χ2v) is 6.33. The number of hydrogen-bond acceptors (Lipinski definition) is 4. The number of rotatable bonds is 6. The van der Waals surface area contributed by atoms with Gasteiger partial charge in [0.15, 0.2) is 0 Å². The molecule has 0 aromatic carbocycles. The van der Waals surface area contributed by atoms with Crippen molar-refractivity contribution in [3.05, 3.63) is 34.5 Å². The zero-order valence-corrected chi connectivity index (χ0v) is 13.8. The van der Waals surface area contributed by atoms with Crippen molar-refractivity contribution >= 4 is 17.2 Å². The van der Waals surface area contributed by atoms with Crippen LogP contribution in [0.15, 0.2) is 23.8 Å². The molecule has 0 aliphatic carbocycles. The standard InChI is InChI=1S/C15H22N4OS/c1-5-13(19-8-6-7-16-19)15(20)18(4)9-12-10-21-14(17-12)11(2)3/h6-8,10-11,13H,5,9H2,1-4H3. The minimum atomic E-state index is -0.242. The Morgan fingerprint density at radius 2 is 2.24 bits per heavy atom. The first kappa shape index (κ1) is 15.7. The van der Waals surface area contributed by atoms with Gasteiger partial charge in [0.1, 0.15) is 6.04 Å². The summed E-state index contributed by atoms with van der Waals surface area (Å²) < 4.78 is 1.72. The van der Waals surface area contributed by atoms with Crippen LogP contribution in [-0.2, 0) is 11.3 Å². The summed E-state index contributed by atoms with van der Waals surface area (Å²) in [7, 11) is 1.82. The summed E-state index contributed by atoms with van der Waals surface area (Å²) in [6.45, 7) is 6.79. The van der Waals surface area contributed by atoms with Crippen molar-refractivity contribution in [3.63, 3.8) is 0 Å². The van der Waals surface area contributed by atoms with E-state index in [1.54, 1.807) is 27.1 Å². The van der Waals surface area contributed by atoms with Crippen LogP contribution >= 0.6 is 11.3 Å². The highest BCUT2D eigenvalue weighted by Gasteiger charge is 2.23. The second kappa shape index (κ2) is 6.85. The van der Waals surface area contributed by atoms with Gasteiger partial charge in [-0.05, 0) is 12.5 Å². The summed E-state index contributed by atoms with van der Waals surface area (Å²) in [6.07, 6.45) is 4.25. The number of aromatic nitrogens is 3. The van der Waals surface area contributed by atoms with Crippen molar-refractivity contribution in [1.29, 1.82) is 0 Å². The summed E-state index contributed by atoms with van der Waals surface area (Å²) in [4.78, 5) is 18.9. The Morgan fingerprint density at radius 3 is 2.76 bits per heavy atom. The van der Waals surface area contributed by atoms with Gasteiger partial charge in [-0.3, -0.25) is 9.48 Å². The van der Waals surface area contributed by atoms with Gasteiger partial charge in [-0.15, -0.1) is 11.3 Å². The molecule has 21 heavy (non-hydrogen) atoms. The molecule has 0 spiro atoms. The number of amides is 1. The maximum atomic E-state index is 12.6. The van der Waals surface area contributed by atoms with E-state index in [9.17, 15) is 4.79 Å². The molecule has 5 nitrogen and oxygen atoms in total. The second-order valence-electron chi connectivity index (χ2n) is 5.44. The largest absolute Gasteiger partial charge is 0.338 e. The molecule has 114 valence electrons. The third-order valence-electron chi connectivity index (χ3n) is 3.35. The average molecular weight is 306 g/mol. The molecule has 0 saturated heterocycles. The van der Waals surface area contributed by atoms with E-state index in [-0.39, 0.29) is 11.9 Å². The molecule has 1 amide bonds. The molecule has 2 rings (SSSR count). The fourth-order valence-corrected chi connectivity index (χ4v) is 3.00. The minimum absolute atomic E-state index is 0.0697. The maximum Gasteiger partial charge on any atom is 0.247 e. The normalized spacial score (nSPS) is 12.6. The lowest BCUT2D eigenvalue weighted by molar-refractivity contribution is -0.134. The van der Waals surface area contributed by atoms with Gasteiger partial charge in [0.05, 0.1) is 17.2 Å². The maximum absolute atomic E-state index is 12.6. The summed E-state index contributed by atoms with van der Waals surface area (Å²) in [5.41, 5.74) is 0.954. The molecule has 0 aliphatic rings. The van der Waals surface area contributed by atoms with Gasteiger partial charge >= 0.3 is 0 Å². The van der Waals surface area contributed by atoms with Crippen molar-refractivity contribution in [2.45, 2.75) is 45.7 Å². The van der Waals surface area contributed by atoms with Gasteiger partial charge in [-0.1, -0.05) is 20.8 Å². The van der Waals surface area contributed by atoms with Gasteiger partial charge in [0.25, 0.3) is 0 Å². The lowest BCUT2D eigenvalue weighted by atomic mass is 10.2. The molecule has 0 bridgehead atoms. The van der Waals surface area contributed by atoms with Gasteiger partial charge in [0.2, 0.25) is 5.91 Å². The van der Waals surface area contributed by atoms with E-state index >= 15 is 0 Å². The van der Waals surface area contributed by atoms with E-state index < -0.39 is 0 Å². The lowest BCUT2D eigenvalue weighted by Gasteiger charge is -2.22. The molecule has 0 fully saturated rings. The van der Waals surface area contributed by atoms with Crippen molar-refractivity contribution in [2.75, 3.05) is 7.05 Å². The van der Waals surface area contributed by atoms with Crippen LogP contribution in [0, 0.1) is 0 Å². The van der Waals surface area contributed by atoms with Gasteiger partial charge in [-0.2, -0.15) is 5.10 Å². The zero-order chi connectivity index (χ0) is 15.4. The van der Waals surface area contributed by atoms with E-state index in [4.69, 9.17) is 0 Å². The molecule has 0 radical (unpaired) electrons. The van der Waals surface area contributed by atoms with Crippen LogP contribution in [0.3, 0.4) is 0 Å². The first-order valence-electron chi connectivity index (χ1n) is 7.21. The van der Waals surface area contributed by atoms with E-state index in [0.29, 0.717) is 12.5 Å². The number of nitrogens with zero attached hydrogens (tertiary/aromatic N) is 4. The zero-order valence-electron chi connectivity index (χ0n) is 13.0. The molecule has 0 N–H and O–H groups in total. The van der Waals surface area contributed by atoms with E-state index in [0.717, 1.165) is 17.1 Å². The number of thiazole rings is 1. The third kappa shape index (κ3) is 3.69. The molecule has 1 unspecified atom stereocenters. The highest BCUT2D eigenvalue weighted by molar-refractivity contribution is 7.09. The molecule has 1 atom stereocenters. The predicted octanol–water partition coefficient (Wildman–Crippen LogP) is 3.07. The number of carbonyl (C=O) groups is 1. The van der Waals surface area contributed by atoms with Crippen LogP contribution in [0.2, 0.25) is 0 Å². The first-order chi connectivity index (χ1) is 10.0. The van der Waals surface area contributed by atoms with E-state index in [1.807, 2.05) is 31.6 Å². The van der Waals surface area contributed by atoms with Crippen molar-refractivity contribution in [2.24, 2.45) is 0 Å². The van der Waals surface area contributed by atoms with E-state index in [2.05, 4.69) is 23.9 Å². The molecule has 2 aromatic rings. The quantitative estimate of drug-likeness (QED) is 0.824. The topological polar surface area (TPSA) is 51.0 Å². The van der Waals surface area contributed by atoms with Crippen molar-refractivity contribution in [1.82, 2.24) is 19.7 Å². The third-order valence-corrected chi connectivity index (χ3v) is 4.55. The van der Waals surface area contributed by atoms with Gasteiger partial charge < -0.3 is 4.90 Å². The summed E-state index contributed by atoms with van der Waals surface area (Å²) in [5, 5.41) is 7.33. The lowest BCUT2D eigenvalue weighted by Crippen LogP contribution is -2.34. The van der Waals surface area contributed by atoms with Crippen LogP contribution < -0.4 is 0 Å². The molecular formula is C15H22N4OS. The first-order valence-corrected chi connectivity index (χ1v) is 8.09. The van der Waals surface area contributed by atoms with Crippen LogP contribution in [0.5, 0.6) is 0 Å². The summed E-state index contributed by atoms with van der Waals surface area (Å²) in [5.74, 6) is 0.498. The molecule has 2 aromatic heterocycles. The van der Waals surface area contributed by atoms with Crippen molar-refractivity contribution in [3.8, 4) is 0 Å². The fraction of sp³-hybridized carbons (Fsp3) is 0.533. The van der Waals surface area contributed by atoms with Crippen LogP contribution in [0.1, 0.15) is 49.9 Å². The number of hydrogen-bond donors (Lipinski definition) is 0. The predicted molar refractivity (Wildman–Crippen MR) is 84.2 cm³/mol. The Hall–Kier alpha value is -1.69. The molecule has 6 heteroatoms. The Morgan fingerprint density at radius 1 is 1.48 bits per heavy atom. The van der Waals surface area contributed by atoms with Gasteiger partial charge in [-0.25, -0.2) is 4.98 Å². The Bertz CT molecular complexity index is 576. The van der Waals surface area contributed by atoms with E-state index in [1.165, 1.54) is 0 Å². The van der Waals surface area contributed by atoms with Crippen LogP contribution in [0.4, 0.5) is 0 Å². The Labute approximate surface area is 129 Å². The van der Waals surface area contributed by atoms with Crippen LogP contribution in [-0.4, -0.2) is 32.6 Å².